The lowest BCUT2D eigenvalue weighted by Gasteiger charge is -2.32. The summed E-state index contributed by atoms with van der Waals surface area (Å²) in [6, 6.07) is 7.78. The molecular formula is C14H17N3O2. The van der Waals surface area contributed by atoms with Crippen LogP contribution in [-0.4, -0.2) is 36.1 Å². The molecule has 5 heteroatoms. The number of pyridine rings is 1. The molecule has 0 atom stereocenters. The first kappa shape index (κ1) is 13.5. The van der Waals surface area contributed by atoms with Gasteiger partial charge in [0, 0.05) is 26.5 Å². The van der Waals surface area contributed by atoms with Crippen molar-refractivity contribution in [2.45, 2.75) is 19.4 Å². The number of hydrogen-bond donors (Lipinski definition) is 0. The van der Waals surface area contributed by atoms with E-state index in [1.54, 1.807) is 18.1 Å². The van der Waals surface area contributed by atoms with E-state index in [9.17, 15) is 10.1 Å². The lowest BCUT2D eigenvalue weighted by atomic mass is 9.80. The largest absolute Gasteiger partial charge is 0.381 e. The van der Waals surface area contributed by atoms with Crippen molar-refractivity contribution in [1.82, 2.24) is 9.88 Å². The van der Waals surface area contributed by atoms with Crippen molar-refractivity contribution in [2.24, 2.45) is 5.41 Å². The van der Waals surface area contributed by atoms with Crippen LogP contribution in [0.25, 0.3) is 0 Å². The van der Waals surface area contributed by atoms with Crippen molar-refractivity contribution in [1.29, 1.82) is 5.26 Å². The van der Waals surface area contributed by atoms with Crippen LogP contribution < -0.4 is 0 Å². The van der Waals surface area contributed by atoms with Gasteiger partial charge in [-0.05, 0) is 25.0 Å². The molecule has 0 aliphatic carbocycles. The first-order valence-electron chi connectivity index (χ1n) is 6.32. The smallest absolute Gasteiger partial charge is 0.243 e. The van der Waals surface area contributed by atoms with Gasteiger partial charge in [-0.15, -0.1) is 0 Å². The van der Waals surface area contributed by atoms with Crippen LogP contribution in [0.5, 0.6) is 0 Å². The molecule has 2 rings (SSSR count). The molecule has 0 N–H and O–H groups in total. The molecule has 1 fully saturated rings. The number of amides is 1. The zero-order chi connectivity index (χ0) is 13.7. The summed E-state index contributed by atoms with van der Waals surface area (Å²) < 4.78 is 5.24. The van der Waals surface area contributed by atoms with E-state index in [2.05, 4.69) is 11.1 Å². The predicted octanol–water partition coefficient (Wildman–Crippen LogP) is 1.36. The van der Waals surface area contributed by atoms with Crippen LogP contribution in [0, 0.1) is 16.7 Å². The van der Waals surface area contributed by atoms with Crippen LogP contribution in [0.2, 0.25) is 0 Å². The van der Waals surface area contributed by atoms with E-state index in [0.717, 1.165) is 5.69 Å². The average molecular weight is 259 g/mol. The lowest BCUT2D eigenvalue weighted by Crippen LogP contribution is -2.44. The van der Waals surface area contributed by atoms with Gasteiger partial charge in [0.05, 0.1) is 18.3 Å². The monoisotopic (exact) mass is 259 g/mol. The molecule has 0 unspecified atom stereocenters. The summed E-state index contributed by atoms with van der Waals surface area (Å²) in [6.07, 6.45) is 2.63. The highest BCUT2D eigenvalue weighted by Gasteiger charge is 2.42. The van der Waals surface area contributed by atoms with Crippen LogP contribution in [0.3, 0.4) is 0 Å². The minimum absolute atomic E-state index is 0.135. The van der Waals surface area contributed by atoms with Gasteiger partial charge >= 0.3 is 0 Å². The summed E-state index contributed by atoms with van der Waals surface area (Å²) >= 11 is 0. The van der Waals surface area contributed by atoms with Gasteiger partial charge in [0.25, 0.3) is 0 Å². The standard InChI is InChI=1S/C14H17N3O2/c1-17(10-12-4-2-3-7-16-12)13(18)14(11-15)5-8-19-9-6-14/h2-4,7H,5-6,8-10H2,1H3. The molecule has 0 bridgehead atoms. The fourth-order valence-corrected chi connectivity index (χ4v) is 2.27. The molecule has 2 heterocycles. The van der Waals surface area contributed by atoms with E-state index in [1.807, 2.05) is 18.2 Å². The highest BCUT2D eigenvalue weighted by molar-refractivity contribution is 5.85. The van der Waals surface area contributed by atoms with E-state index < -0.39 is 5.41 Å². The molecule has 5 nitrogen and oxygen atoms in total. The summed E-state index contributed by atoms with van der Waals surface area (Å²) in [5, 5.41) is 9.36. The van der Waals surface area contributed by atoms with Crippen molar-refractivity contribution < 1.29 is 9.53 Å². The fraction of sp³-hybridized carbons (Fsp3) is 0.500. The van der Waals surface area contributed by atoms with Crippen molar-refractivity contribution in [2.75, 3.05) is 20.3 Å². The molecule has 1 saturated heterocycles. The molecule has 0 spiro atoms. The summed E-state index contributed by atoms with van der Waals surface area (Å²) in [5.41, 5.74) is -0.111. The van der Waals surface area contributed by atoms with Crippen LogP contribution in [0.4, 0.5) is 0 Å². The van der Waals surface area contributed by atoms with E-state index in [4.69, 9.17) is 4.74 Å². The third-order valence-corrected chi connectivity index (χ3v) is 3.44. The fourth-order valence-electron chi connectivity index (χ4n) is 2.27. The van der Waals surface area contributed by atoms with E-state index >= 15 is 0 Å². The second kappa shape index (κ2) is 5.81. The molecule has 1 aromatic rings. The van der Waals surface area contributed by atoms with Crippen molar-refractivity contribution in [3.05, 3.63) is 30.1 Å². The van der Waals surface area contributed by atoms with Gasteiger partial charge in [-0.25, -0.2) is 0 Å². The maximum atomic E-state index is 12.5. The summed E-state index contributed by atoms with van der Waals surface area (Å²) in [7, 11) is 1.71. The number of nitrogens with zero attached hydrogens (tertiary/aromatic N) is 3. The van der Waals surface area contributed by atoms with Gasteiger partial charge in [-0.2, -0.15) is 5.26 Å². The number of nitriles is 1. The minimum Gasteiger partial charge on any atom is -0.381 e. The Hall–Kier alpha value is -1.93. The Morgan fingerprint density at radius 1 is 1.53 bits per heavy atom. The van der Waals surface area contributed by atoms with Gasteiger partial charge < -0.3 is 9.64 Å². The number of aromatic nitrogens is 1. The Morgan fingerprint density at radius 3 is 2.84 bits per heavy atom. The highest BCUT2D eigenvalue weighted by Crippen LogP contribution is 2.31. The first-order valence-corrected chi connectivity index (χ1v) is 6.32. The first-order chi connectivity index (χ1) is 9.18. The van der Waals surface area contributed by atoms with Crippen LogP contribution in [0.1, 0.15) is 18.5 Å². The maximum absolute atomic E-state index is 12.5. The lowest BCUT2D eigenvalue weighted by molar-refractivity contribution is -0.142. The second-order valence-corrected chi connectivity index (χ2v) is 4.79. The van der Waals surface area contributed by atoms with Gasteiger partial charge in [-0.1, -0.05) is 6.07 Å². The average Bonchev–Trinajstić information content (AvgIpc) is 2.48. The molecule has 0 radical (unpaired) electrons. The van der Waals surface area contributed by atoms with E-state index in [1.165, 1.54) is 0 Å². The van der Waals surface area contributed by atoms with Crippen molar-refractivity contribution in [3.8, 4) is 6.07 Å². The number of ether oxygens (including phenoxy) is 1. The summed E-state index contributed by atoms with van der Waals surface area (Å²) in [6.45, 7) is 1.36. The molecule has 19 heavy (non-hydrogen) atoms. The zero-order valence-corrected chi connectivity index (χ0v) is 11.0. The molecule has 1 aliphatic heterocycles. The Kier molecular flexibility index (Phi) is 4.13. The van der Waals surface area contributed by atoms with Crippen molar-refractivity contribution in [3.63, 3.8) is 0 Å². The predicted molar refractivity (Wildman–Crippen MR) is 68.8 cm³/mol. The van der Waals surface area contributed by atoms with Gasteiger partial charge in [-0.3, -0.25) is 9.78 Å². The molecule has 1 aromatic heterocycles. The van der Waals surface area contributed by atoms with Crippen LogP contribution in [-0.2, 0) is 16.1 Å². The number of rotatable bonds is 3. The number of hydrogen-bond acceptors (Lipinski definition) is 4. The quantitative estimate of drug-likeness (QED) is 0.822. The molecule has 1 amide bonds. The van der Waals surface area contributed by atoms with Crippen LogP contribution in [0.15, 0.2) is 24.4 Å². The van der Waals surface area contributed by atoms with Crippen molar-refractivity contribution >= 4 is 5.91 Å². The molecule has 0 saturated carbocycles. The Labute approximate surface area is 112 Å². The van der Waals surface area contributed by atoms with Gasteiger partial charge in [0.15, 0.2) is 0 Å². The third-order valence-electron chi connectivity index (χ3n) is 3.44. The molecular weight excluding hydrogens is 242 g/mol. The van der Waals surface area contributed by atoms with Gasteiger partial charge in [0.2, 0.25) is 5.91 Å². The number of carbonyl (C=O) groups is 1. The Bertz CT molecular complexity index is 475. The molecule has 0 aromatic carbocycles. The normalized spacial score (nSPS) is 17.5. The Morgan fingerprint density at radius 2 is 2.26 bits per heavy atom. The maximum Gasteiger partial charge on any atom is 0.243 e. The van der Waals surface area contributed by atoms with Crippen LogP contribution >= 0.6 is 0 Å². The Balaban J connectivity index is 2.08. The summed E-state index contributed by atoms with van der Waals surface area (Å²) in [4.78, 5) is 18.2. The molecule has 1 aliphatic rings. The highest BCUT2D eigenvalue weighted by atomic mass is 16.5. The second-order valence-electron chi connectivity index (χ2n) is 4.79. The minimum atomic E-state index is -0.929. The van der Waals surface area contributed by atoms with E-state index in [-0.39, 0.29) is 5.91 Å². The third kappa shape index (κ3) is 2.91. The van der Waals surface area contributed by atoms with Gasteiger partial charge in [0.1, 0.15) is 5.41 Å². The summed E-state index contributed by atoms with van der Waals surface area (Å²) in [5.74, 6) is -0.135. The topological polar surface area (TPSA) is 66.2 Å². The molecule has 100 valence electrons. The van der Waals surface area contributed by atoms with E-state index in [0.29, 0.717) is 32.6 Å². The zero-order valence-electron chi connectivity index (χ0n) is 11.0. The SMILES string of the molecule is CN(Cc1ccccn1)C(=O)C1(C#N)CCOCC1. The number of carbonyl (C=O) groups excluding carboxylic acids is 1.